The second kappa shape index (κ2) is 7.46. The van der Waals surface area contributed by atoms with Crippen LogP contribution in [0.25, 0.3) is 19.2 Å². The molecule has 24 heavy (non-hydrogen) atoms. The standard InChI is InChI=1S/C19H19NO4/c1-4-24-17(21)8-7-15-12(2)19(23)16(13(3)18(15)22)10-14-6-5-9-20-11-14/h5-9,11,22-23H,2-4,10H2,1H3/b8-7+. The molecule has 0 aliphatic rings. The van der Waals surface area contributed by atoms with Crippen LogP contribution in [0.1, 0.15) is 23.6 Å². The molecule has 0 spiro atoms. The van der Waals surface area contributed by atoms with E-state index in [-0.39, 0.29) is 34.1 Å². The molecule has 0 radical (unpaired) electrons. The lowest BCUT2D eigenvalue weighted by atomic mass is 9.98. The lowest BCUT2D eigenvalue weighted by molar-refractivity contribution is -0.137. The smallest absolute Gasteiger partial charge is 0.330 e. The first kappa shape index (κ1) is 17.3. The molecular weight excluding hydrogens is 306 g/mol. The number of carbonyl (C=O) groups is 1. The normalized spacial score (nSPS) is 10.9. The number of hydrogen-bond donors (Lipinski definition) is 2. The molecule has 2 N–H and O–H groups in total. The minimum Gasteiger partial charge on any atom is -0.507 e. The number of ether oxygens (including phenoxy) is 1. The molecule has 0 aliphatic carbocycles. The third kappa shape index (κ3) is 3.63. The Morgan fingerprint density at radius 2 is 2.04 bits per heavy atom. The molecule has 0 saturated heterocycles. The topological polar surface area (TPSA) is 79.7 Å². The molecule has 0 amide bonds. The minimum atomic E-state index is -0.541. The molecule has 5 heteroatoms. The average Bonchev–Trinajstić information content (AvgIpc) is 2.58. The van der Waals surface area contributed by atoms with Gasteiger partial charge in [-0.05, 0) is 24.6 Å². The van der Waals surface area contributed by atoms with Gasteiger partial charge in [-0.25, -0.2) is 4.79 Å². The summed E-state index contributed by atoms with van der Waals surface area (Å²) < 4.78 is 4.79. The number of carbonyl (C=O) groups excluding carboxylic acids is 1. The van der Waals surface area contributed by atoms with Crippen LogP contribution in [0.5, 0.6) is 11.5 Å². The van der Waals surface area contributed by atoms with Gasteiger partial charge in [-0.15, -0.1) is 0 Å². The van der Waals surface area contributed by atoms with Crippen LogP contribution in [-0.2, 0) is 16.0 Å². The zero-order valence-electron chi connectivity index (χ0n) is 13.5. The molecular formula is C19H19NO4. The molecule has 1 aromatic carbocycles. The maximum absolute atomic E-state index is 11.4. The van der Waals surface area contributed by atoms with Gasteiger partial charge in [0.05, 0.1) is 6.61 Å². The van der Waals surface area contributed by atoms with E-state index >= 15 is 0 Å². The van der Waals surface area contributed by atoms with Crippen LogP contribution in [0, 0.1) is 0 Å². The third-order valence-electron chi connectivity index (χ3n) is 3.58. The van der Waals surface area contributed by atoms with Gasteiger partial charge >= 0.3 is 5.97 Å². The van der Waals surface area contributed by atoms with Gasteiger partial charge in [0.2, 0.25) is 0 Å². The van der Waals surface area contributed by atoms with Gasteiger partial charge < -0.3 is 14.9 Å². The second-order valence-electron chi connectivity index (χ2n) is 5.17. The Morgan fingerprint density at radius 3 is 2.67 bits per heavy atom. The van der Waals surface area contributed by atoms with Gasteiger partial charge in [0, 0.05) is 46.5 Å². The van der Waals surface area contributed by atoms with Gasteiger partial charge in [0.15, 0.2) is 0 Å². The van der Waals surface area contributed by atoms with Gasteiger partial charge in [-0.2, -0.15) is 0 Å². The maximum atomic E-state index is 11.4. The van der Waals surface area contributed by atoms with Crippen LogP contribution in [0.2, 0.25) is 0 Å². The van der Waals surface area contributed by atoms with Crippen LogP contribution in [0.3, 0.4) is 0 Å². The number of esters is 1. The first-order valence-electron chi connectivity index (χ1n) is 7.44. The Balaban J connectivity index is 2.46. The van der Waals surface area contributed by atoms with Crippen molar-refractivity contribution in [2.75, 3.05) is 6.61 Å². The zero-order chi connectivity index (χ0) is 17.7. The molecule has 0 atom stereocenters. The summed E-state index contributed by atoms with van der Waals surface area (Å²) in [6.45, 7) is 9.58. The second-order valence-corrected chi connectivity index (χ2v) is 5.17. The number of pyridine rings is 1. The molecule has 0 unspecified atom stereocenters. The largest absolute Gasteiger partial charge is 0.507 e. The Hall–Kier alpha value is -3.08. The fourth-order valence-corrected chi connectivity index (χ4v) is 2.32. The summed E-state index contributed by atoms with van der Waals surface area (Å²) in [5, 5.41) is 21.3. The van der Waals surface area contributed by atoms with Crippen molar-refractivity contribution in [2.24, 2.45) is 0 Å². The Kier molecular flexibility index (Phi) is 5.37. The zero-order valence-corrected chi connectivity index (χ0v) is 13.5. The van der Waals surface area contributed by atoms with Gasteiger partial charge in [0.1, 0.15) is 11.5 Å². The first-order chi connectivity index (χ1) is 11.5. The van der Waals surface area contributed by atoms with Gasteiger partial charge in [0.25, 0.3) is 0 Å². The van der Waals surface area contributed by atoms with Crippen LogP contribution in [0.4, 0.5) is 0 Å². The summed E-state index contributed by atoms with van der Waals surface area (Å²) in [4.78, 5) is 15.4. The number of aromatic hydroxyl groups is 2. The van der Waals surface area contributed by atoms with Crippen molar-refractivity contribution < 1.29 is 19.7 Å². The first-order valence-corrected chi connectivity index (χ1v) is 7.44. The van der Waals surface area contributed by atoms with E-state index in [0.717, 1.165) is 5.56 Å². The molecule has 0 saturated carbocycles. The predicted octanol–water partition coefficient (Wildman–Crippen LogP) is 1.48. The highest BCUT2D eigenvalue weighted by atomic mass is 16.5. The number of benzene rings is 1. The SMILES string of the molecule is C=c1c(O)c(Cc2cccnc2)c(=C)c(O)c1/C=C/C(=O)OCC. The van der Waals surface area contributed by atoms with E-state index in [9.17, 15) is 15.0 Å². The lowest BCUT2D eigenvalue weighted by Gasteiger charge is -2.11. The summed E-state index contributed by atoms with van der Waals surface area (Å²) >= 11 is 0. The maximum Gasteiger partial charge on any atom is 0.330 e. The molecule has 124 valence electrons. The monoisotopic (exact) mass is 325 g/mol. The van der Waals surface area contributed by atoms with E-state index < -0.39 is 5.97 Å². The third-order valence-corrected chi connectivity index (χ3v) is 3.58. The van der Waals surface area contributed by atoms with Crippen LogP contribution in [-0.4, -0.2) is 27.8 Å². The number of hydrogen-bond acceptors (Lipinski definition) is 5. The fourth-order valence-electron chi connectivity index (χ4n) is 2.32. The van der Waals surface area contributed by atoms with Gasteiger partial charge in [-0.1, -0.05) is 19.2 Å². The highest BCUT2D eigenvalue weighted by molar-refractivity contribution is 5.87. The van der Waals surface area contributed by atoms with Crippen molar-refractivity contribution in [1.29, 1.82) is 0 Å². The molecule has 2 rings (SSSR count). The van der Waals surface area contributed by atoms with Crippen LogP contribution in [0.15, 0.2) is 30.6 Å². The Labute approximate surface area is 139 Å². The highest BCUT2D eigenvalue weighted by Crippen LogP contribution is 2.20. The van der Waals surface area contributed by atoms with Crippen molar-refractivity contribution in [3.63, 3.8) is 0 Å². The molecule has 1 aromatic heterocycles. The van der Waals surface area contributed by atoms with Crippen molar-refractivity contribution in [2.45, 2.75) is 13.3 Å². The summed E-state index contributed by atoms with van der Waals surface area (Å²) in [5.41, 5.74) is 1.57. The number of nitrogens with zero attached hydrogens (tertiary/aromatic N) is 1. The number of phenols is 2. The molecule has 0 aliphatic heterocycles. The molecule has 0 bridgehead atoms. The summed E-state index contributed by atoms with van der Waals surface area (Å²) in [6.07, 6.45) is 6.22. The van der Waals surface area contributed by atoms with Crippen molar-refractivity contribution in [3.8, 4) is 11.5 Å². The van der Waals surface area contributed by atoms with Crippen LogP contribution >= 0.6 is 0 Å². The lowest BCUT2D eigenvalue weighted by Crippen LogP contribution is -2.19. The molecule has 1 heterocycles. The summed E-state index contributed by atoms with van der Waals surface area (Å²) in [6, 6.07) is 3.65. The number of rotatable bonds is 5. The highest BCUT2D eigenvalue weighted by Gasteiger charge is 2.13. The Morgan fingerprint density at radius 1 is 1.29 bits per heavy atom. The van der Waals surface area contributed by atoms with Crippen molar-refractivity contribution in [3.05, 3.63) is 57.7 Å². The molecule has 0 fully saturated rings. The summed E-state index contributed by atoms with van der Waals surface area (Å²) in [7, 11) is 0. The van der Waals surface area contributed by atoms with E-state index in [1.54, 1.807) is 25.4 Å². The predicted molar refractivity (Wildman–Crippen MR) is 92.8 cm³/mol. The fraction of sp³-hybridized carbons (Fsp3) is 0.158. The van der Waals surface area contributed by atoms with Crippen molar-refractivity contribution >= 4 is 25.2 Å². The van der Waals surface area contributed by atoms with E-state index in [4.69, 9.17) is 4.74 Å². The molecule has 5 nitrogen and oxygen atoms in total. The van der Waals surface area contributed by atoms with E-state index in [0.29, 0.717) is 12.0 Å². The van der Waals surface area contributed by atoms with E-state index in [1.165, 1.54) is 12.2 Å². The summed E-state index contributed by atoms with van der Waals surface area (Å²) in [5.74, 6) is -0.733. The van der Waals surface area contributed by atoms with Crippen LogP contribution < -0.4 is 10.4 Å². The average molecular weight is 325 g/mol. The Bertz CT molecular complexity index is 873. The van der Waals surface area contributed by atoms with Crippen molar-refractivity contribution in [1.82, 2.24) is 4.98 Å². The van der Waals surface area contributed by atoms with E-state index in [2.05, 4.69) is 18.1 Å². The molecule has 2 aromatic rings. The number of phenolic OH excluding ortho intramolecular Hbond substituents is 2. The quantitative estimate of drug-likeness (QED) is 0.494. The minimum absolute atomic E-state index is 0.0647. The van der Waals surface area contributed by atoms with E-state index in [1.807, 2.05) is 6.07 Å². The number of aromatic nitrogens is 1. The van der Waals surface area contributed by atoms with Gasteiger partial charge in [-0.3, -0.25) is 4.98 Å².